The van der Waals surface area contributed by atoms with Crippen LogP contribution in [0.1, 0.15) is 45.4 Å². The predicted molar refractivity (Wildman–Crippen MR) is 68.5 cm³/mol. The molecule has 16 heavy (non-hydrogen) atoms. The lowest BCUT2D eigenvalue weighted by atomic mass is 10.1. The molecule has 0 aromatic heterocycles. The first-order chi connectivity index (χ1) is 7.75. The van der Waals surface area contributed by atoms with Crippen molar-refractivity contribution in [2.75, 3.05) is 18.8 Å². The van der Waals surface area contributed by atoms with Gasteiger partial charge in [0, 0.05) is 6.42 Å². The van der Waals surface area contributed by atoms with Crippen LogP contribution in [0.2, 0.25) is 0 Å². The van der Waals surface area contributed by atoms with Crippen molar-refractivity contribution in [2.24, 2.45) is 0 Å². The fourth-order valence-electron chi connectivity index (χ4n) is 1.94. The minimum Gasteiger partial charge on any atom is -0.473 e. The normalized spacial score (nSPS) is 15.8. The summed E-state index contributed by atoms with van der Waals surface area (Å²) in [6.45, 7) is 4.04. The van der Waals surface area contributed by atoms with E-state index in [1.54, 1.807) is 0 Å². The van der Waals surface area contributed by atoms with Crippen molar-refractivity contribution in [3.05, 3.63) is 0 Å². The third-order valence-corrected chi connectivity index (χ3v) is 3.94. The average Bonchev–Trinajstić information content (AvgIpc) is 2.71. The molecule has 92 valence electrons. The fraction of sp³-hybridized carbons (Fsp3) is 0.833. The molecule has 0 aromatic rings. The molecule has 0 saturated heterocycles. The molecule has 1 heterocycles. The third-order valence-electron chi connectivity index (χ3n) is 2.85. The van der Waals surface area contributed by atoms with E-state index in [4.69, 9.17) is 5.11 Å². The van der Waals surface area contributed by atoms with Gasteiger partial charge in [-0.3, -0.25) is 0 Å². The van der Waals surface area contributed by atoms with Crippen molar-refractivity contribution in [1.82, 2.24) is 0 Å². The number of thioether (sulfide) groups is 1. The van der Waals surface area contributed by atoms with Crippen LogP contribution in [0.5, 0.6) is 0 Å². The fourth-order valence-corrected chi connectivity index (χ4v) is 2.93. The molecule has 3 nitrogen and oxygen atoms in total. The van der Waals surface area contributed by atoms with Gasteiger partial charge in [0.1, 0.15) is 6.54 Å². The molecule has 1 rings (SSSR count). The van der Waals surface area contributed by atoms with Crippen LogP contribution in [-0.2, 0) is 4.79 Å². The maximum absolute atomic E-state index is 10.9. The number of rotatable bonds is 8. The van der Waals surface area contributed by atoms with Crippen LogP contribution < -0.4 is 0 Å². The molecule has 1 aliphatic heterocycles. The Balaban J connectivity index is 2.17. The maximum Gasteiger partial charge on any atom is 0.408 e. The van der Waals surface area contributed by atoms with Gasteiger partial charge in [0.15, 0.2) is 6.54 Å². The van der Waals surface area contributed by atoms with Gasteiger partial charge in [0.25, 0.3) is 0 Å². The van der Waals surface area contributed by atoms with Crippen molar-refractivity contribution >= 4 is 22.8 Å². The number of hydrogen-bond donors (Lipinski definition) is 1. The highest BCUT2D eigenvalue weighted by Gasteiger charge is 2.28. The first-order valence-electron chi connectivity index (χ1n) is 6.23. The Labute approximate surface area is 102 Å². The zero-order valence-corrected chi connectivity index (χ0v) is 10.9. The Hall–Kier alpha value is -0.510. The second kappa shape index (κ2) is 7.71. The number of aliphatic carboxylic acids is 1. The highest BCUT2D eigenvalue weighted by molar-refractivity contribution is 8.15. The van der Waals surface area contributed by atoms with Gasteiger partial charge in [-0.1, -0.05) is 32.6 Å². The molecule has 0 aromatic carbocycles. The Kier molecular flexibility index (Phi) is 6.53. The lowest BCUT2D eigenvalue weighted by molar-refractivity contribution is -0.517. The predicted octanol–water partition coefficient (Wildman–Crippen LogP) is 2.59. The van der Waals surface area contributed by atoms with Crippen molar-refractivity contribution < 1.29 is 14.5 Å². The summed E-state index contributed by atoms with van der Waals surface area (Å²) in [7, 11) is 0. The number of carbonyl (C=O) groups is 1. The van der Waals surface area contributed by atoms with Crippen molar-refractivity contribution in [2.45, 2.75) is 45.4 Å². The van der Waals surface area contributed by atoms with Gasteiger partial charge in [0.2, 0.25) is 0 Å². The molecular formula is C12H22NO2S+. The third kappa shape index (κ3) is 4.56. The van der Waals surface area contributed by atoms with Crippen molar-refractivity contribution in [3.63, 3.8) is 0 Å². The average molecular weight is 244 g/mol. The number of carboxylic acids is 1. The van der Waals surface area contributed by atoms with Crippen molar-refractivity contribution in [3.8, 4) is 0 Å². The van der Waals surface area contributed by atoms with Gasteiger partial charge in [-0.15, -0.1) is 0 Å². The Morgan fingerprint density at radius 1 is 1.31 bits per heavy atom. The van der Waals surface area contributed by atoms with Gasteiger partial charge < -0.3 is 5.11 Å². The van der Waals surface area contributed by atoms with Crippen LogP contribution in [-0.4, -0.2) is 39.5 Å². The molecule has 1 N–H and O–H groups in total. The van der Waals surface area contributed by atoms with E-state index in [-0.39, 0.29) is 0 Å². The summed E-state index contributed by atoms with van der Waals surface area (Å²) in [5, 5.41) is 9.51. The molecule has 0 radical (unpaired) electrons. The summed E-state index contributed by atoms with van der Waals surface area (Å²) in [6, 6.07) is 0. The van der Waals surface area contributed by atoms with Crippen LogP contribution >= 0.6 is 11.8 Å². The van der Waals surface area contributed by atoms with Gasteiger partial charge in [0.05, 0.1) is 5.75 Å². The van der Waals surface area contributed by atoms with Crippen LogP contribution in [0.4, 0.5) is 0 Å². The van der Waals surface area contributed by atoms with Gasteiger partial charge in [-0.25, -0.2) is 9.37 Å². The Morgan fingerprint density at radius 3 is 2.69 bits per heavy atom. The minimum absolute atomic E-state index is 0.550. The first kappa shape index (κ1) is 13.6. The van der Waals surface area contributed by atoms with Crippen LogP contribution in [0, 0.1) is 0 Å². The van der Waals surface area contributed by atoms with Crippen molar-refractivity contribution in [1.29, 1.82) is 0 Å². The number of unbranched alkanes of at least 4 members (excludes halogenated alkanes) is 5. The molecule has 0 amide bonds. The summed E-state index contributed by atoms with van der Waals surface area (Å²) >= 11 is 1.47. The summed E-state index contributed by atoms with van der Waals surface area (Å²) < 4.78 is 2.02. The second-order valence-electron chi connectivity index (χ2n) is 4.21. The lowest BCUT2D eigenvalue weighted by Crippen LogP contribution is -2.22. The summed E-state index contributed by atoms with van der Waals surface area (Å²) in [5.74, 6) is 0.172. The molecule has 0 aliphatic carbocycles. The molecule has 4 heteroatoms. The Bertz CT molecular complexity index is 264. The van der Waals surface area contributed by atoms with E-state index in [9.17, 15) is 4.79 Å². The zero-order valence-electron chi connectivity index (χ0n) is 10.1. The largest absolute Gasteiger partial charge is 0.473 e. The van der Waals surface area contributed by atoms with Crippen LogP contribution in [0.3, 0.4) is 0 Å². The topological polar surface area (TPSA) is 40.3 Å². The molecule has 0 saturated carbocycles. The van der Waals surface area contributed by atoms with Gasteiger partial charge in [-0.2, -0.15) is 0 Å². The molecule has 1 aliphatic rings. The van der Waals surface area contributed by atoms with Gasteiger partial charge in [-0.05, 0) is 18.2 Å². The van der Waals surface area contributed by atoms with E-state index in [1.807, 2.05) is 4.58 Å². The van der Waals surface area contributed by atoms with E-state index in [0.717, 1.165) is 25.3 Å². The molecule has 0 unspecified atom stereocenters. The first-order valence-corrected chi connectivity index (χ1v) is 7.22. The SMILES string of the molecule is CCCCCCCC[N+]1=C(C(=O)O)SCC1. The smallest absolute Gasteiger partial charge is 0.408 e. The second-order valence-corrected chi connectivity index (χ2v) is 5.30. The number of nitrogens with zero attached hydrogens (tertiary/aromatic N) is 1. The monoisotopic (exact) mass is 244 g/mol. The Morgan fingerprint density at radius 2 is 2.00 bits per heavy atom. The number of carboxylic acid groups (broad SMARTS) is 1. The standard InChI is InChI=1S/C12H21NO2S/c1-2-3-4-5-6-7-8-13-9-10-16-11(13)12(14)15/h2-10H2,1H3/p+1. The summed E-state index contributed by atoms with van der Waals surface area (Å²) in [5.41, 5.74) is 0. The van der Waals surface area contributed by atoms with Crippen LogP contribution in [0.25, 0.3) is 0 Å². The quantitative estimate of drug-likeness (QED) is 0.527. The highest BCUT2D eigenvalue weighted by atomic mass is 32.2. The molecule has 0 spiro atoms. The van der Waals surface area contributed by atoms with Gasteiger partial charge >= 0.3 is 11.0 Å². The lowest BCUT2D eigenvalue weighted by Gasteiger charge is -2.00. The van der Waals surface area contributed by atoms with E-state index in [1.165, 1.54) is 43.9 Å². The molecular weight excluding hydrogens is 222 g/mol. The molecule has 0 bridgehead atoms. The summed E-state index contributed by atoms with van der Waals surface area (Å²) in [4.78, 5) is 10.9. The van der Waals surface area contributed by atoms with Crippen LogP contribution in [0.15, 0.2) is 0 Å². The molecule has 0 fully saturated rings. The van der Waals surface area contributed by atoms with E-state index in [0.29, 0.717) is 5.04 Å². The molecule has 0 atom stereocenters. The van der Waals surface area contributed by atoms with E-state index < -0.39 is 5.97 Å². The highest BCUT2D eigenvalue weighted by Crippen LogP contribution is 2.13. The maximum atomic E-state index is 10.9. The summed E-state index contributed by atoms with van der Waals surface area (Å²) in [6.07, 6.45) is 7.57. The minimum atomic E-state index is -0.756. The zero-order chi connectivity index (χ0) is 11.8. The van der Waals surface area contributed by atoms with E-state index in [2.05, 4.69) is 6.92 Å². The number of hydrogen-bond acceptors (Lipinski definition) is 2. The van der Waals surface area contributed by atoms with E-state index >= 15 is 0 Å².